The first-order valence-electron chi connectivity index (χ1n) is 8.00. The molecular weight excluding hydrogens is 386 g/mol. The molecule has 1 atom stereocenters. The number of nitriles is 1. The van der Waals surface area contributed by atoms with Crippen LogP contribution in [0.25, 0.3) is 0 Å². The quantitative estimate of drug-likeness (QED) is 0.587. The molecule has 0 fully saturated rings. The second kappa shape index (κ2) is 9.40. The van der Waals surface area contributed by atoms with Gasteiger partial charge in [0, 0.05) is 0 Å². The molecule has 6 nitrogen and oxygen atoms in total. The number of thioether (sulfide) groups is 1. The summed E-state index contributed by atoms with van der Waals surface area (Å²) in [7, 11) is 1.27. The topological polar surface area (TPSA) is 92.1 Å². The molecule has 0 radical (unpaired) electrons. The number of carbonyl (C=O) groups is 2. The number of aryl methyl sites for hydroxylation is 1. The van der Waals surface area contributed by atoms with Crippen LogP contribution >= 0.6 is 23.4 Å². The minimum atomic E-state index is -0.901. The van der Waals surface area contributed by atoms with Crippen LogP contribution in [0.4, 0.5) is 0 Å². The van der Waals surface area contributed by atoms with E-state index in [1.807, 2.05) is 6.07 Å². The number of benzene rings is 1. The third kappa shape index (κ3) is 5.00. The van der Waals surface area contributed by atoms with E-state index in [4.69, 9.17) is 16.3 Å². The lowest BCUT2D eigenvalue weighted by molar-refractivity contribution is -0.145. The van der Waals surface area contributed by atoms with Crippen molar-refractivity contribution in [2.24, 2.45) is 0 Å². The predicted octanol–water partition coefficient (Wildman–Crippen LogP) is 3.35. The van der Waals surface area contributed by atoms with Crippen molar-refractivity contribution in [3.05, 3.63) is 57.7 Å². The molecule has 140 valence electrons. The Morgan fingerprint density at radius 2 is 2.00 bits per heavy atom. The molecule has 2 rings (SSSR count). The third-order valence-corrected chi connectivity index (χ3v) is 5.36. The van der Waals surface area contributed by atoms with E-state index in [0.29, 0.717) is 32.4 Å². The average Bonchev–Trinajstić information content (AvgIpc) is 2.68. The highest BCUT2D eigenvalue weighted by atomic mass is 35.5. The summed E-state index contributed by atoms with van der Waals surface area (Å²) in [5.41, 5.74) is 2.19. The summed E-state index contributed by atoms with van der Waals surface area (Å²) >= 11 is 7.25. The molecular formula is C19H18ClN3O3S. The SMILES string of the molecule is COC(=O)C(NC(=O)CSc1nc(C)c(Cl)c(C)c1C#N)c1ccccc1. The molecule has 2 aromatic rings. The maximum atomic E-state index is 12.4. The van der Waals surface area contributed by atoms with Crippen LogP contribution in [0.5, 0.6) is 0 Å². The molecule has 1 N–H and O–H groups in total. The van der Waals surface area contributed by atoms with Gasteiger partial charge in [-0.05, 0) is 25.0 Å². The fourth-order valence-electron chi connectivity index (χ4n) is 2.41. The second-order valence-electron chi connectivity index (χ2n) is 5.65. The Kier molecular flexibility index (Phi) is 7.22. The van der Waals surface area contributed by atoms with Gasteiger partial charge in [0.25, 0.3) is 0 Å². The average molecular weight is 404 g/mol. The van der Waals surface area contributed by atoms with Gasteiger partial charge in [-0.1, -0.05) is 53.7 Å². The van der Waals surface area contributed by atoms with E-state index in [1.165, 1.54) is 7.11 Å². The molecule has 1 aromatic heterocycles. The van der Waals surface area contributed by atoms with E-state index in [9.17, 15) is 14.9 Å². The number of hydrogen-bond acceptors (Lipinski definition) is 6. The predicted molar refractivity (Wildman–Crippen MR) is 104 cm³/mol. The number of halogens is 1. The zero-order chi connectivity index (χ0) is 20.0. The molecule has 0 saturated heterocycles. The van der Waals surface area contributed by atoms with E-state index in [0.717, 1.165) is 11.8 Å². The van der Waals surface area contributed by atoms with Crippen LogP contribution in [0.3, 0.4) is 0 Å². The number of hydrogen-bond donors (Lipinski definition) is 1. The van der Waals surface area contributed by atoms with Crippen molar-refractivity contribution < 1.29 is 14.3 Å². The van der Waals surface area contributed by atoms with Gasteiger partial charge in [-0.15, -0.1) is 0 Å². The number of nitrogens with zero attached hydrogens (tertiary/aromatic N) is 2. The lowest BCUT2D eigenvalue weighted by atomic mass is 10.1. The maximum Gasteiger partial charge on any atom is 0.333 e. The molecule has 1 heterocycles. The van der Waals surface area contributed by atoms with Gasteiger partial charge < -0.3 is 10.1 Å². The van der Waals surface area contributed by atoms with Crippen molar-refractivity contribution in [2.75, 3.05) is 12.9 Å². The molecule has 8 heteroatoms. The van der Waals surface area contributed by atoms with Crippen LogP contribution in [-0.2, 0) is 14.3 Å². The maximum absolute atomic E-state index is 12.4. The van der Waals surface area contributed by atoms with Crippen molar-refractivity contribution in [3.63, 3.8) is 0 Å². The van der Waals surface area contributed by atoms with Crippen LogP contribution in [-0.4, -0.2) is 29.7 Å². The minimum Gasteiger partial charge on any atom is -0.467 e. The van der Waals surface area contributed by atoms with Crippen LogP contribution in [0.15, 0.2) is 35.4 Å². The first-order valence-corrected chi connectivity index (χ1v) is 9.37. The first-order chi connectivity index (χ1) is 12.9. The molecule has 1 aromatic carbocycles. The zero-order valence-corrected chi connectivity index (χ0v) is 16.6. The summed E-state index contributed by atoms with van der Waals surface area (Å²) in [4.78, 5) is 28.7. The Labute approximate surface area is 166 Å². The number of carbonyl (C=O) groups excluding carboxylic acids is 2. The third-order valence-electron chi connectivity index (χ3n) is 3.83. The summed E-state index contributed by atoms with van der Waals surface area (Å²) in [6.07, 6.45) is 0. The van der Waals surface area contributed by atoms with E-state index < -0.39 is 12.0 Å². The van der Waals surface area contributed by atoms with Gasteiger partial charge in [0.1, 0.15) is 11.1 Å². The lowest BCUT2D eigenvalue weighted by Gasteiger charge is -2.17. The monoisotopic (exact) mass is 403 g/mol. The van der Waals surface area contributed by atoms with Gasteiger partial charge in [0.15, 0.2) is 6.04 Å². The summed E-state index contributed by atoms with van der Waals surface area (Å²) in [6, 6.07) is 10.00. The minimum absolute atomic E-state index is 0.0114. The number of aromatic nitrogens is 1. The summed E-state index contributed by atoms with van der Waals surface area (Å²) < 4.78 is 4.78. The van der Waals surface area contributed by atoms with Crippen LogP contribution in [0, 0.1) is 25.2 Å². The lowest BCUT2D eigenvalue weighted by Crippen LogP contribution is -2.35. The Bertz CT molecular complexity index is 897. The fourth-order valence-corrected chi connectivity index (χ4v) is 3.45. The molecule has 0 saturated carbocycles. The van der Waals surface area contributed by atoms with Crippen molar-refractivity contribution >= 4 is 35.2 Å². The number of rotatable bonds is 6. The molecule has 27 heavy (non-hydrogen) atoms. The first kappa shape index (κ1) is 20.7. The van der Waals surface area contributed by atoms with E-state index in [1.54, 1.807) is 38.1 Å². The molecule has 1 amide bonds. The molecule has 0 aliphatic carbocycles. The van der Waals surface area contributed by atoms with E-state index in [2.05, 4.69) is 16.4 Å². The summed E-state index contributed by atoms with van der Waals surface area (Å²) in [5, 5.41) is 12.9. The molecule has 0 bridgehead atoms. The number of methoxy groups -OCH3 is 1. The van der Waals surface area contributed by atoms with Crippen molar-refractivity contribution in [2.45, 2.75) is 24.9 Å². The Morgan fingerprint density at radius 3 is 2.59 bits per heavy atom. The molecule has 0 aliphatic heterocycles. The smallest absolute Gasteiger partial charge is 0.333 e. The van der Waals surface area contributed by atoms with Gasteiger partial charge in [-0.25, -0.2) is 9.78 Å². The summed E-state index contributed by atoms with van der Waals surface area (Å²) in [6.45, 7) is 3.48. The van der Waals surface area contributed by atoms with E-state index >= 15 is 0 Å². The Balaban J connectivity index is 2.14. The second-order valence-corrected chi connectivity index (χ2v) is 6.99. The highest BCUT2D eigenvalue weighted by Crippen LogP contribution is 2.29. The van der Waals surface area contributed by atoms with Gasteiger partial charge in [-0.2, -0.15) is 5.26 Å². The molecule has 1 unspecified atom stereocenters. The number of nitrogens with one attached hydrogen (secondary N) is 1. The zero-order valence-electron chi connectivity index (χ0n) is 15.1. The molecule has 0 spiro atoms. The number of esters is 1. The fraction of sp³-hybridized carbons (Fsp3) is 0.263. The van der Waals surface area contributed by atoms with Gasteiger partial charge in [0.2, 0.25) is 5.91 Å². The van der Waals surface area contributed by atoms with Crippen molar-refractivity contribution in [3.8, 4) is 6.07 Å². The van der Waals surface area contributed by atoms with Crippen LogP contribution in [0.1, 0.15) is 28.4 Å². The van der Waals surface area contributed by atoms with Crippen LogP contribution < -0.4 is 5.32 Å². The largest absolute Gasteiger partial charge is 0.467 e. The number of ether oxygens (including phenoxy) is 1. The number of pyridine rings is 1. The van der Waals surface area contributed by atoms with E-state index in [-0.39, 0.29) is 11.7 Å². The van der Waals surface area contributed by atoms with Crippen molar-refractivity contribution in [1.29, 1.82) is 5.26 Å². The normalized spacial score (nSPS) is 11.4. The number of amides is 1. The Morgan fingerprint density at radius 1 is 1.33 bits per heavy atom. The highest BCUT2D eigenvalue weighted by Gasteiger charge is 2.24. The Hall–Kier alpha value is -2.56. The molecule has 0 aliphatic rings. The van der Waals surface area contributed by atoms with Crippen LogP contribution in [0.2, 0.25) is 5.02 Å². The van der Waals surface area contributed by atoms with Gasteiger partial charge >= 0.3 is 5.97 Å². The highest BCUT2D eigenvalue weighted by molar-refractivity contribution is 8.00. The van der Waals surface area contributed by atoms with Crippen molar-refractivity contribution in [1.82, 2.24) is 10.3 Å². The van der Waals surface area contributed by atoms with Gasteiger partial charge in [0.05, 0.1) is 29.1 Å². The standard InChI is InChI=1S/C19H18ClN3O3S/c1-11-14(9-21)18(22-12(2)16(11)20)27-10-15(24)23-17(19(25)26-3)13-7-5-4-6-8-13/h4-8,17H,10H2,1-3H3,(H,23,24). The summed E-state index contributed by atoms with van der Waals surface area (Å²) in [5.74, 6) is -0.952. The van der Waals surface area contributed by atoms with Gasteiger partial charge in [-0.3, -0.25) is 4.79 Å².